The van der Waals surface area contributed by atoms with Crippen LogP contribution < -0.4 is 0 Å². The van der Waals surface area contributed by atoms with Crippen molar-refractivity contribution in [2.45, 2.75) is 110 Å². The fraction of sp³-hybridized carbons (Fsp3) is 0.667. The first-order valence-electron chi connectivity index (χ1n) is 13.6. The van der Waals surface area contributed by atoms with E-state index in [0.717, 1.165) is 52.5 Å². The van der Waals surface area contributed by atoms with E-state index in [2.05, 4.69) is 53.7 Å². The molecule has 1 aliphatic rings. The highest BCUT2D eigenvalue weighted by atomic mass is 127. The third-order valence-electron chi connectivity index (χ3n) is 6.88. The molecule has 2 aromatic rings. The standard InChI is InChI=1S/C30H44INO4/c1-21(2)18-22-13-15-24(16-14-22)29-27(31)28(32-36-29)25(19-26(33)35-30(3,4)5)12-9-17-34-20-23-10-7-6-8-11-23/h6-8,10-11,21-22,24-25H,9,12-20H2,1-5H3/t22-,24-,25?. The van der Waals surface area contributed by atoms with Crippen LogP contribution in [0.3, 0.4) is 0 Å². The van der Waals surface area contributed by atoms with Crippen LogP contribution >= 0.6 is 22.6 Å². The summed E-state index contributed by atoms with van der Waals surface area (Å²) in [6.45, 7) is 11.6. The number of carbonyl (C=O) groups excluding carboxylic acids is 1. The highest BCUT2D eigenvalue weighted by molar-refractivity contribution is 14.1. The Bertz CT molecular complexity index is 926. The number of benzene rings is 1. The number of esters is 1. The second-order valence-electron chi connectivity index (χ2n) is 11.8. The number of rotatable bonds is 12. The van der Waals surface area contributed by atoms with Crippen molar-refractivity contribution in [1.82, 2.24) is 5.16 Å². The molecule has 1 aromatic heterocycles. The number of carbonyl (C=O) groups is 1. The van der Waals surface area contributed by atoms with Gasteiger partial charge in [-0.15, -0.1) is 0 Å². The van der Waals surface area contributed by atoms with Crippen LogP contribution in [0.5, 0.6) is 0 Å². The van der Waals surface area contributed by atoms with Crippen LogP contribution in [-0.4, -0.2) is 23.3 Å². The molecule has 1 aliphatic carbocycles. The third-order valence-corrected chi connectivity index (χ3v) is 7.96. The lowest BCUT2D eigenvalue weighted by atomic mass is 9.77. The minimum Gasteiger partial charge on any atom is -0.460 e. The topological polar surface area (TPSA) is 61.6 Å². The molecular formula is C30H44INO4. The summed E-state index contributed by atoms with van der Waals surface area (Å²) in [4.78, 5) is 12.7. The molecule has 0 bridgehead atoms. The fourth-order valence-electron chi connectivity index (χ4n) is 5.26. The van der Waals surface area contributed by atoms with Crippen molar-refractivity contribution in [3.63, 3.8) is 0 Å². The largest absolute Gasteiger partial charge is 0.460 e. The van der Waals surface area contributed by atoms with Crippen LogP contribution in [-0.2, 0) is 20.9 Å². The van der Waals surface area contributed by atoms with Crippen LogP contribution in [0.1, 0.15) is 115 Å². The summed E-state index contributed by atoms with van der Waals surface area (Å²) in [5.74, 6) is 2.81. The van der Waals surface area contributed by atoms with E-state index < -0.39 is 5.60 Å². The maximum absolute atomic E-state index is 12.7. The average Bonchev–Trinajstić information content (AvgIpc) is 3.19. The normalized spacial score (nSPS) is 19.4. The zero-order valence-electron chi connectivity index (χ0n) is 22.7. The van der Waals surface area contributed by atoms with Gasteiger partial charge < -0.3 is 14.0 Å². The Labute approximate surface area is 231 Å². The Hall–Kier alpha value is -1.41. The lowest BCUT2D eigenvalue weighted by molar-refractivity contribution is -0.155. The van der Waals surface area contributed by atoms with Crippen molar-refractivity contribution in [1.29, 1.82) is 0 Å². The number of aromatic nitrogens is 1. The van der Waals surface area contributed by atoms with Crippen LogP contribution in [0, 0.1) is 15.4 Å². The summed E-state index contributed by atoms with van der Waals surface area (Å²) < 4.78 is 18.6. The van der Waals surface area contributed by atoms with E-state index in [1.807, 2.05) is 39.0 Å². The first-order valence-corrected chi connectivity index (χ1v) is 14.7. The van der Waals surface area contributed by atoms with E-state index in [1.54, 1.807) is 0 Å². The average molecular weight is 610 g/mol. The van der Waals surface area contributed by atoms with Gasteiger partial charge in [0.1, 0.15) is 11.3 Å². The first-order chi connectivity index (χ1) is 17.1. The Morgan fingerprint density at radius 1 is 1.14 bits per heavy atom. The fourth-order valence-corrected chi connectivity index (χ4v) is 6.33. The predicted octanol–water partition coefficient (Wildman–Crippen LogP) is 8.41. The highest BCUT2D eigenvalue weighted by Crippen LogP contribution is 2.42. The first kappa shape index (κ1) is 29.2. The summed E-state index contributed by atoms with van der Waals surface area (Å²) in [7, 11) is 0. The van der Waals surface area contributed by atoms with E-state index >= 15 is 0 Å². The maximum Gasteiger partial charge on any atom is 0.306 e. The van der Waals surface area contributed by atoms with Gasteiger partial charge in [0.2, 0.25) is 0 Å². The van der Waals surface area contributed by atoms with Gasteiger partial charge >= 0.3 is 5.97 Å². The van der Waals surface area contributed by atoms with E-state index in [4.69, 9.17) is 14.0 Å². The summed E-state index contributed by atoms with van der Waals surface area (Å²) in [5.41, 5.74) is 1.57. The van der Waals surface area contributed by atoms with Gasteiger partial charge in [-0.1, -0.05) is 49.3 Å². The van der Waals surface area contributed by atoms with Gasteiger partial charge in [0.15, 0.2) is 5.76 Å². The number of halogens is 1. The molecule has 1 aromatic carbocycles. The van der Waals surface area contributed by atoms with Crippen LogP contribution in [0.25, 0.3) is 0 Å². The molecule has 0 amide bonds. The smallest absolute Gasteiger partial charge is 0.306 e. The summed E-state index contributed by atoms with van der Waals surface area (Å²) in [5, 5.41) is 4.52. The van der Waals surface area contributed by atoms with Crippen molar-refractivity contribution < 1.29 is 18.8 Å². The molecular weight excluding hydrogens is 565 g/mol. The van der Waals surface area contributed by atoms with Gasteiger partial charge in [-0.3, -0.25) is 4.79 Å². The van der Waals surface area contributed by atoms with Crippen molar-refractivity contribution >= 4 is 28.6 Å². The van der Waals surface area contributed by atoms with Gasteiger partial charge in [-0.2, -0.15) is 0 Å². The molecule has 6 heteroatoms. The molecule has 1 atom stereocenters. The lowest BCUT2D eigenvalue weighted by Gasteiger charge is -2.28. The van der Waals surface area contributed by atoms with Gasteiger partial charge in [-0.25, -0.2) is 0 Å². The third kappa shape index (κ3) is 9.47. The molecule has 0 spiro atoms. The number of nitrogens with zero attached hydrogens (tertiary/aromatic N) is 1. The number of ether oxygens (including phenoxy) is 2. The Morgan fingerprint density at radius 2 is 1.83 bits per heavy atom. The Morgan fingerprint density at radius 3 is 2.47 bits per heavy atom. The van der Waals surface area contributed by atoms with Gasteiger partial charge in [0.25, 0.3) is 0 Å². The molecule has 0 radical (unpaired) electrons. The molecule has 0 aliphatic heterocycles. The molecule has 0 N–H and O–H groups in total. The monoisotopic (exact) mass is 609 g/mol. The zero-order chi connectivity index (χ0) is 26.1. The van der Waals surface area contributed by atoms with Crippen LogP contribution in [0.15, 0.2) is 34.9 Å². The number of hydrogen-bond donors (Lipinski definition) is 0. The number of hydrogen-bond acceptors (Lipinski definition) is 5. The highest BCUT2D eigenvalue weighted by Gasteiger charge is 2.32. The van der Waals surface area contributed by atoms with Crippen molar-refractivity contribution in [3.05, 3.63) is 50.9 Å². The van der Waals surface area contributed by atoms with Crippen molar-refractivity contribution in [2.24, 2.45) is 11.8 Å². The van der Waals surface area contributed by atoms with Crippen LogP contribution in [0.4, 0.5) is 0 Å². The van der Waals surface area contributed by atoms with E-state index in [0.29, 0.717) is 25.6 Å². The van der Waals surface area contributed by atoms with Crippen molar-refractivity contribution in [2.75, 3.05) is 6.61 Å². The molecule has 3 rings (SSSR count). The van der Waals surface area contributed by atoms with Gasteiger partial charge in [-0.05, 0) is 106 Å². The summed E-state index contributed by atoms with van der Waals surface area (Å²) in [6.07, 6.45) is 8.10. The second-order valence-corrected chi connectivity index (χ2v) is 12.8. The van der Waals surface area contributed by atoms with Crippen LogP contribution in [0.2, 0.25) is 0 Å². The van der Waals surface area contributed by atoms with E-state index in [-0.39, 0.29) is 11.9 Å². The summed E-state index contributed by atoms with van der Waals surface area (Å²) >= 11 is 2.39. The molecule has 1 fully saturated rings. The van der Waals surface area contributed by atoms with Gasteiger partial charge in [0, 0.05) is 18.4 Å². The minimum atomic E-state index is -0.503. The van der Waals surface area contributed by atoms with E-state index in [1.165, 1.54) is 24.8 Å². The van der Waals surface area contributed by atoms with Gasteiger partial charge in [0.05, 0.1) is 16.6 Å². The Balaban J connectivity index is 1.62. The lowest BCUT2D eigenvalue weighted by Crippen LogP contribution is -2.25. The zero-order valence-corrected chi connectivity index (χ0v) is 24.9. The van der Waals surface area contributed by atoms with Crippen molar-refractivity contribution in [3.8, 4) is 0 Å². The SMILES string of the molecule is CC(C)C[C@H]1CC[C@H](c2onc(C(CCCOCc3ccccc3)CC(=O)OC(C)(C)C)c2I)CC1. The molecule has 1 heterocycles. The molecule has 200 valence electrons. The molecule has 1 saturated carbocycles. The molecule has 36 heavy (non-hydrogen) atoms. The molecule has 1 unspecified atom stereocenters. The second kappa shape index (κ2) is 13.9. The van der Waals surface area contributed by atoms with E-state index in [9.17, 15) is 4.79 Å². The predicted molar refractivity (Wildman–Crippen MR) is 152 cm³/mol. The maximum atomic E-state index is 12.7. The molecule has 0 saturated heterocycles. The summed E-state index contributed by atoms with van der Waals surface area (Å²) in [6, 6.07) is 10.2. The minimum absolute atomic E-state index is 0.0399. The quantitative estimate of drug-likeness (QED) is 0.137. The Kier molecular flexibility index (Phi) is 11.3. The molecule has 5 nitrogen and oxygen atoms in total.